The van der Waals surface area contributed by atoms with Gasteiger partial charge >= 0.3 is 0 Å². The summed E-state index contributed by atoms with van der Waals surface area (Å²) in [5.74, 6) is -0.720. The second kappa shape index (κ2) is 6.21. The molecular weight excluding hydrogens is 276 g/mol. The highest BCUT2D eigenvalue weighted by atomic mass is 16.5. The van der Waals surface area contributed by atoms with Crippen LogP contribution in [-0.2, 0) is 0 Å². The Kier molecular flexibility index (Phi) is 4.36. The van der Waals surface area contributed by atoms with E-state index < -0.39 is 5.54 Å². The van der Waals surface area contributed by atoms with Crippen LogP contribution in [0.2, 0.25) is 0 Å². The molecule has 2 aromatic heterocycles. The Bertz CT molecular complexity index is 594. The van der Waals surface area contributed by atoms with E-state index in [1.807, 2.05) is 13.8 Å². The predicted octanol–water partition coefficient (Wildman–Crippen LogP) is 0.991. The molecule has 0 bridgehead atoms. The maximum Gasteiger partial charge on any atom is 0.273 e. The first-order chi connectivity index (χ1) is 10.0. The van der Waals surface area contributed by atoms with Crippen molar-refractivity contribution < 1.29 is 18.6 Å². The van der Waals surface area contributed by atoms with Crippen molar-refractivity contribution in [1.82, 2.24) is 20.9 Å². The molecule has 2 amide bonds. The number of nitrogens with zero attached hydrogens (tertiary/aromatic N) is 2. The van der Waals surface area contributed by atoms with Crippen molar-refractivity contribution in [2.24, 2.45) is 0 Å². The number of nitrogens with one attached hydrogen (secondary N) is 2. The summed E-state index contributed by atoms with van der Waals surface area (Å²) >= 11 is 0. The number of hydrogen-bond donors (Lipinski definition) is 2. The summed E-state index contributed by atoms with van der Waals surface area (Å²) in [6.07, 6.45) is 3.26. The van der Waals surface area contributed by atoms with E-state index >= 15 is 0 Å². The van der Waals surface area contributed by atoms with Crippen molar-refractivity contribution >= 4 is 11.8 Å². The molecule has 0 saturated heterocycles. The molecule has 0 fully saturated rings. The minimum absolute atomic E-state index is 0.191. The fourth-order valence-corrected chi connectivity index (χ4v) is 1.62. The molecule has 2 heterocycles. The maximum atomic E-state index is 12.0. The average molecular weight is 292 g/mol. The summed E-state index contributed by atoms with van der Waals surface area (Å²) in [7, 11) is 0. The Balaban J connectivity index is 1.94. The van der Waals surface area contributed by atoms with E-state index in [0.29, 0.717) is 6.42 Å². The lowest BCUT2D eigenvalue weighted by Gasteiger charge is -2.29. The summed E-state index contributed by atoms with van der Waals surface area (Å²) in [5.41, 5.74) is -0.233. The minimum Gasteiger partial charge on any atom is -0.364 e. The SMILES string of the molecule is CC[C@@](C)(CNC(=O)c1ccon1)NC(=O)c1ccon1. The van der Waals surface area contributed by atoms with Gasteiger partial charge in [0.25, 0.3) is 11.8 Å². The van der Waals surface area contributed by atoms with Crippen LogP contribution >= 0.6 is 0 Å². The first-order valence-corrected chi connectivity index (χ1v) is 6.45. The number of hydrogen-bond acceptors (Lipinski definition) is 6. The lowest BCUT2D eigenvalue weighted by Crippen LogP contribution is -2.53. The fourth-order valence-electron chi connectivity index (χ4n) is 1.62. The predicted molar refractivity (Wildman–Crippen MR) is 71.5 cm³/mol. The van der Waals surface area contributed by atoms with E-state index in [-0.39, 0.29) is 29.7 Å². The molecule has 0 radical (unpaired) electrons. The average Bonchev–Trinajstić information content (AvgIpc) is 3.16. The van der Waals surface area contributed by atoms with Gasteiger partial charge in [-0.3, -0.25) is 9.59 Å². The molecule has 21 heavy (non-hydrogen) atoms. The highest BCUT2D eigenvalue weighted by Crippen LogP contribution is 2.10. The first-order valence-electron chi connectivity index (χ1n) is 6.45. The number of rotatable bonds is 6. The molecule has 0 saturated carbocycles. The summed E-state index contributed by atoms with van der Waals surface area (Å²) in [4.78, 5) is 23.8. The molecule has 0 aliphatic rings. The first kappa shape index (κ1) is 14.8. The van der Waals surface area contributed by atoms with Crippen LogP contribution in [0.4, 0.5) is 0 Å². The molecule has 2 aromatic rings. The van der Waals surface area contributed by atoms with E-state index in [2.05, 4.69) is 30.0 Å². The number of carbonyl (C=O) groups is 2. The van der Waals surface area contributed by atoms with Crippen molar-refractivity contribution in [2.45, 2.75) is 25.8 Å². The Morgan fingerprint density at radius 2 is 1.71 bits per heavy atom. The Morgan fingerprint density at radius 1 is 1.14 bits per heavy atom. The van der Waals surface area contributed by atoms with Crippen molar-refractivity contribution in [3.05, 3.63) is 36.0 Å². The van der Waals surface area contributed by atoms with Gasteiger partial charge in [0.1, 0.15) is 12.5 Å². The zero-order valence-electron chi connectivity index (χ0n) is 11.8. The van der Waals surface area contributed by atoms with Gasteiger partial charge in [-0.2, -0.15) is 0 Å². The molecule has 8 nitrogen and oxygen atoms in total. The normalized spacial score (nSPS) is 13.4. The van der Waals surface area contributed by atoms with E-state index in [1.165, 1.54) is 24.7 Å². The molecule has 0 unspecified atom stereocenters. The zero-order valence-corrected chi connectivity index (χ0v) is 11.8. The smallest absolute Gasteiger partial charge is 0.273 e. The minimum atomic E-state index is -0.616. The Labute approximate surface area is 120 Å². The van der Waals surface area contributed by atoms with Gasteiger partial charge in [-0.15, -0.1) is 0 Å². The van der Waals surface area contributed by atoms with Gasteiger partial charge in [0.15, 0.2) is 11.4 Å². The molecule has 8 heteroatoms. The molecular formula is C13H16N4O4. The van der Waals surface area contributed by atoms with Gasteiger partial charge in [0.2, 0.25) is 0 Å². The van der Waals surface area contributed by atoms with Crippen LogP contribution < -0.4 is 10.6 Å². The second-order valence-corrected chi connectivity index (χ2v) is 4.82. The third-order valence-electron chi connectivity index (χ3n) is 3.18. The quantitative estimate of drug-likeness (QED) is 0.821. The summed E-state index contributed by atoms with van der Waals surface area (Å²) in [5, 5.41) is 12.7. The van der Waals surface area contributed by atoms with Gasteiger partial charge in [0, 0.05) is 18.7 Å². The van der Waals surface area contributed by atoms with Crippen LogP contribution in [0.15, 0.2) is 33.7 Å². The summed E-state index contributed by atoms with van der Waals surface area (Å²) < 4.78 is 9.24. The Morgan fingerprint density at radius 3 is 2.19 bits per heavy atom. The molecule has 1 atom stereocenters. The van der Waals surface area contributed by atoms with Crippen molar-refractivity contribution in [3.8, 4) is 0 Å². The van der Waals surface area contributed by atoms with Gasteiger partial charge in [-0.25, -0.2) is 0 Å². The summed E-state index contributed by atoms with van der Waals surface area (Å²) in [6.45, 7) is 3.98. The molecule has 2 N–H and O–H groups in total. The largest absolute Gasteiger partial charge is 0.364 e. The van der Waals surface area contributed by atoms with Crippen LogP contribution in [0.1, 0.15) is 41.2 Å². The molecule has 0 aliphatic carbocycles. The van der Waals surface area contributed by atoms with Crippen molar-refractivity contribution in [3.63, 3.8) is 0 Å². The maximum absolute atomic E-state index is 12.0. The second-order valence-electron chi connectivity index (χ2n) is 4.82. The van der Waals surface area contributed by atoms with Gasteiger partial charge in [-0.05, 0) is 13.3 Å². The molecule has 0 aromatic carbocycles. The summed E-state index contributed by atoms with van der Waals surface area (Å²) in [6, 6.07) is 2.94. The van der Waals surface area contributed by atoms with E-state index in [9.17, 15) is 9.59 Å². The van der Waals surface area contributed by atoms with Crippen LogP contribution in [0.5, 0.6) is 0 Å². The molecule has 0 spiro atoms. The third kappa shape index (κ3) is 3.68. The Hall–Kier alpha value is -2.64. The van der Waals surface area contributed by atoms with E-state index in [4.69, 9.17) is 0 Å². The lowest BCUT2D eigenvalue weighted by molar-refractivity contribution is 0.0861. The fraction of sp³-hybridized carbons (Fsp3) is 0.385. The monoisotopic (exact) mass is 292 g/mol. The van der Waals surface area contributed by atoms with Crippen LogP contribution in [-0.4, -0.2) is 34.2 Å². The van der Waals surface area contributed by atoms with Crippen LogP contribution in [0.3, 0.4) is 0 Å². The standard InChI is InChI=1S/C13H16N4O4/c1-3-13(2,15-12(19)10-5-7-21-17-10)8-14-11(18)9-4-6-20-16-9/h4-7H,3,8H2,1-2H3,(H,14,18)(H,15,19)/t13-/m0/s1. The topological polar surface area (TPSA) is 110 Å². The molecule has 2 rings (SSSR count). The number of amides is 2. The molecule has 112 valence electrons. The lowest BCUT2D eigenvalue weighted by atomic mass is 9.98. The van der Waals surface area contributed by atoms with Gasteiger partial charge in [0.05, 0.1) is 5.54 Å². The third-order valence-corrected chi connectivity index (χ3v) is 3.18. The number of carbonyl (C=O) groups excluding carboxylic acids is 2. The molecule has 0 aliphatic heterocycles. The van der Waals surface area contributed by atoms with Crippen LogP contribution in [0, 0.1) is 0 Å². The van der Waals surface area contributed by atoms with Crippen molar-refractivity contribution in [1.29, 1.82) is 0 Å². The highest BCUT2D eigenvalue weighted by Gasteiger charge is 2.27. The van der Waals surface area contributed by atoms with Crippen molar-refractivity contribution in [2.75, 3.05) is 6.54 Å². The number of aromatic nitrogens is 2. The van der Waals surface area contributed by atoms with Gasteiger partial charge in [-0.1, -0.05) is 17.2 Å². The zero-order chi connectivity index (χ0) is 15.3. The van der Waals surface area contributed by atoms with Crippen LogP contribution in [0.25, 0.3) is 0 Å². The van der Waals surface area contributed by atoms with Gasteiger partial charge < -0.3 is 19.7 Å². The van der Waals surface area contributed by atoms with E-state index in [0.717, 1.165) is 0 Å². The highest BCUT2D eigenvalue weighted by molar-refractivity contribution is 5.93. The van der Waals surface area contributed by atoms with E-state index in [1.54, 1.807) is 0 Å².